The van der Waals surface area contributed by atoms with Gasteiger partial charge in [-0.2, -0.15) is 0 Å². The lowest BCUT2D eigenvalue weighted by molar-refractivity contribution is -0.384. The molecule has 5 nitrogen and oxygen atoms in total. The van der Waals surface area contributed by atoms with E-state index in [0.717, 1.165) is 0 Å². The number of nitrogens with zero attached hydrogens (tertiary/aromatic N) is 1. The molecule has 0 aliphatic rings. The van der Waals surface area contributed by atoms with Crippen molar-refractivity contribution >= 4 is 33.2 Å². The molecule has 1 atom stereocenters. The van der Waals surface area contributed by atoms with Crippen molar-refractivity contribution in [2.24, 2.45) is 0 Å². The van der Waals surface area contributed by atoms with Gasteiger partial charge in [0.25, 0.3) is 5.69 Å². The number of non-ortho nitro benzene ring substituents is 1. The van der Waals surface area contributed by atoms with E-state index in [0.29, 0.717) is 10.0 Å². The molecule has 0 bridgehead atoms. The van der Waals surface area contributed by atoms with Gasteiger partial charge in [-0.05, 0) is 30.7 Å². The quantitative estimate of drug-likeness (QED) is 0.649. The third-order valence-electron chi connectivity index (χ3n) is 3.19. The first kappa shape index (κ1) is 16.1. The van der Waals surface area contributed by atoms with Gasteiger partial charge in [0.1, 0.15) is 5.82 Å². The molecule has 2 aromatic carbocycles. The fraction of sp³-hybridized carbons (Fsp3) is 0.133. The number of hydrogen-bond donors (Lipinski definition) is 1. The molecule has 0 aliphatic carbocycles. The predicted molar refractivity (Wildman–Crippen MR) is 84.2 cm³/mol. The van der Waals surface area contributed by atoms with Gasteiger partial charge in [0.05, 0.1) is 16.5 Å². The van der Waals surface area contributed by atoms with Crippen molar-refractivity contribution in [3.63, 3.8) is 0 Å². The smallest absolute Gasteiger partial charge is 0.269 e. The van der Waals surface area contributed by atoms with E-state index in [2.05, 4.69) is 21.2 Å². The zero-order valence-electron chi connectivity index (χ0n) is 11.5. The summed E-state index contributed by atoms with van der Waals surface area (Å²) in [4.78, 5) is 22.2. The van der Waals surface area contributed by atoms with Crippen LogP contribution in [0.4, 0.5) is 15.8 Å². The van der Waals surface area contributed by atoms with Crippen molar-refractivity contribution in [3.05, 3.63) is 68.4 Å². The molecule has 0 fully saturated rings. The van der Waals surface area contributed by atoms with Crippen LogP contribution in [0.5, 0.6) is 0 Å². The van der Waals surface area contributed by atoms with E-state index >= 15 is 0 Å². The third kappa shape index (κ3) is 3.67. The van der Waals surface area contributed by atoms with Crippen LogP contribution in [-0.2, 0) is 4.79 Å². The Balaban J connectivity index is 2.13. The topological polar surface area (TPSA) is 72.2 Å². The summed E-state index contributed by atoms with van der Waals surface area (Å²) in [6.07, 6.45) is 0. The molecule has 0 saturated heterocycles. The largest absolute Gasteiger partial charge is 0.323 e. The van der Waals surface area contributed by atoms with Gasteiger partial charge < -0.3 is 5.32 Å². The molecule has 0 saturated carbocycles. The molecule has 0 radical (unpaired) electrons. The lowest BCUT2D eigenvalue weighted by Gasteiger charge is -2.13. The van der Waals surface area contributed by atoms with Gasteiger partial charge in [0, 0.05) is 16.6 Å². The Morgan fingerprint density at radius 2 is 1.91 bits per heavy atom. The number of carbonyl (C=O) groups excluding carboxylic acids is 1. The molecule has 114 valence electrons. The van der Waals surface area contributed by atoms with Crippen molar-refractivity contribution in [3.8, 4) is 0 Å². The minimum absolute atomic E-state index is 0.0460. The maximum absolute atomic E-state index is 13.7. The molecule has 0 unspecified atom stereocenters. The van der Waals surface area contributed by atoms with E-state index in [1.54, 1.807) is 13.0 Å². The second kappa shape index (κ2) is 6.65. The van der Waals surface area contributed by atoms with Gasteiger partial charge in [-0.3, -0.25) is 14.9 Å². The van der Waals surface area contributed by atoms with Crippen LogP contribution in [0, 0.1) is 15.9 Å². The molecule has 0 aliphatic heterocycles. The summed E-state index contributed by atoms with van der Waals surface area (Å²) >= 11 is 3.14. The Kier molecular flexibility index (Phi) is 4.87. The fourth-order valence-electron chi connectivity index (χ4n) is 1.87. The molecule has 22 heavy (non-hydrogen) atoms. The minimum Gasteiger partial charge on any atom is -0.323 e. The van der Waals surface area contributed by atoms with E-state index in [-0.39, 0.29) is 11.4 Å². The summed E-state index contributed by atoms with van der Waals surface area (Å²) in [5, 5.41) is 13.1. The molecule has 0 heterocycles. The van der Waals surface area contributed by atoms with Gasteiger partial charge in [0.2, 0.25) is 5.91 Å². The van der Waals surface area contributed by atoms with Crippen LogP contribution in [0.1, 0.15) is 18.4 Å². The molecule has 7 heteroatoms. The highest BCUT2D eigenvalue weighted by atomic mass is 79.9. The first-order valence-corrected chi connectivity index (χ1v) is 7.18. The SMILES string of the molecule is C[C@H](C(=O)Nc1ccc(Br)cc1F)c1ccc([N+](=O)[O-])cc1. The summed E-state index contributed by atoms with van der Waals surface area (Å²) in [6, 6.07) is 10.0. The van der Waals surface area contributed by atoms with Crippen molar-refractivity contribution in [2.45, 2.75) is 12.8 Å². The van der Waals surface area contributed by atoms with E-state index in [4.69, 9.17) is 0 Å². The lowest BCUT2D eigenvalue weighted by Crippen LogP contribution is -2.19. The molecule has 1 amide bonds. The Bertz CT molecular complexity index is 719. The van der Waals surface area contributed by atoms with Gasteiger partial charge >= 0.3 is 0 Å². The highest BCUT2D eigenvalue weighted by Crippen LogP contribution is 2.23. The number of halogens is 2. The number of nitrogens with one attached hydrogen (secondary N) is 1. The number of anilines is 1. The molecule has 2 aromatic rings. The molecule has 0 aromatic heterocycles. The zero-order valence-corrected chi connectivity index (χ0v) is 13.1. The average Bonchev–Trinajstić information content (AvgIpc) is 2.49. The molecular weight excluding hydrogens is 355 g/mol. The third-order valence-corrected chi connectivity index (χ3v) is 3.68. The fourth-order valence-corrected chi connectivity index (χ4v) is 2.20. The Morgan fingerprint density at radius 3 is 2.45 bits per heavy atom. The van der Waals surface area contributed by atoms with E-state index in [1.807, 2.05) is 0 Å². The number of amides is 1. The van der Waals surface area contributed by atoms with Crippen LogP contribution in [0.25, 0.3) is 0 Å². The summed E-state index contributed by atoms with van der Waals surface area (Å²) in [5.74, 6) is -1.50. The highest BCUT2D eigenvalue weighted by molar-refractivity contribution is 9.10. The Labute approximate surface area is 134 Å². The molecular formula is C15H12BrFN2O3. The van der Waals surface area contributed by atoms with Gasteiger partial charge in [-0.1, -0.05) is 28.1 Å². The first-order valence-electron chi connectivity index (χ1n) is 6.38. The summed E-state index contributed by atoms with van der Waals surface area (Å²) in [7, 11) is 0. The second-order valence-corrected chi connectivity index (χ2v) is 5.60. The number of nitro groups is 1. The average molecular weight is 367 g/mol. The van der Waals surface area contributed by atoms with Gasteiger partial charge in [-0.15, -0.1) is 0 Å². The minimum atomic E-state index is -0.566. The Hall–Kier alpha value is -2.28. The molecule has 2 rings (SSSR count). The van der Waals surface area contributed by atoms with Crippen LogP contribution >= 0.6 is 15.9 Å². The van der Waals surface area contributed by atoms with E-state index < -0.39 is 22.6 Å². The molecule has 1 N–H and O–H groups in total. The van der Waals surface area contributed by atoms with Crippen LogP contribution in [0.15, 0.2) is 46.9 Å². The lowest BCUT2D eigenvalue weighted by atomic mass is 10.00. The maximum Gasteiger partial charge on any atom is 0.269 e. The number of benzene rings is 2. The number of carbonyl (C=O) groups is 1. The summed E-state index contributed by atoms with van der Waals surface area (Å²) in [5.41, 5.74) is 0.651. The number of hydrogen-bond acceptors (Lipinski definition) is 3. The van der Waals surface area contributed by atoms with Crippen LogP contribution in [0.3, 0.4) is 0 Å². The van der Waals surface area contributed by atoms with Crippen LogP contribution in [0.2, 0.25) is 0 Å². The summed E-state index contributed by atoms with van der Waals surface area (Å²) in [6.45, 7) is 1.65. The summed E-state index contributed by atoms with van der Waals surface area (Å²) < 4.78 is 14.3. The zero-order chi connectivity index (χ0) is 16.3. The van der Waals surface area contributed by atoms with Crippen LogP contribution in [-0.4, -0.2) is 10.8 Å². The molecule has 0 spiro atoms. The van der Waals surface area contributed by atoms with Gasteiger partial charge in [-0.25, -0.2) is 4.39 Å². The van der Waals surface area contributed by atoms with Crippen molar-refractivity contribution in [1.29, 1.82) is 0 Å². The number of rotatable bonds is 4. The predicted octanol–water partition coefficient (Wildman–Crippen LogP) is 4.24. The maximum atomic E-state index is 13.7. The highest BCUT2D eigenvalue weighted by Gasteiger charge is 2.18. The monoisotopic (exact) mass is 366 g/mol. The second-order valence-electron chi connectivity index (χ2n) is 4.68. The van der Waals surface area contributed by atoms with Crippen LogP contribution < -0.4 is 5.32 Å². The Morgan fingerprint density at radius 1 is 1.27 bits per heavy atom. The van der Waals surface area contributed by atoms with Gasteiger partial charge in [0.15, 0.2) is 0 Å². The van der Waals surface area contributed by atoms with E-state index in [1.165, 1.54) is 36.4 Å². The van der Waals surface area contributed by atoms with Crippen molar-refractivity contribution in [1.82, 2.24) is 0 Å². The standard InChI is InChI=1S/C15H12BrFN2O3/c1-9(10-2-5-12(6-3-10)19(21)22)15(20)18-14-7-4-11(16)8-13(14)17/h2-9H,1H3,(H,18,20)/t9-/m0/s1. The van der Waals surface area contributed by atoms with Crippen molar-refractivity contribution in [2.75, 3.05) is 5.32 Å². The first-order chi connectivity index (χ1) is 10.4. The van der Waals surface area contributed by atoms with E-state index in [9.17, 15) is 19.3 Å². The normalized spacial score (nSPS) is 11.8. The van der Waals surface area contributed by atoms with Crippen molar-refractivity contribution < 1.29 is 14.1 Å². The number of nitro benzene ring substituents is 1.